The van der Waals surface area contributed by atoms with Crippen molar-refractivity contribution in [2.75, 3.05) is 6.61 Å². The molecule has 0 radical (unpaired) electrons. The molecule has 0 aromatic rings. The number of aliphatic hydroxyl groups is 4. The van der Waals surface area contributed by atoms with Gasteiger partial charge >= 0.3 is 5.97 Å². The number of carbonyl (C=O) groups is 2. The van der Waals surface area contributed by atoms with Crippen molar-refractivity contribution in [1.29, 1.82) is 0 Å². The van der Waals surface area contributed by atoms with E-state index in [0.717, 1.165) is 11.9 Å². The zero-order valence-electron chi connectivity index (χ0n) is 22.5. The fraction of sp³-hybridized carbons (Fsp3) is 0.862. The Hall–Kier alpha value is -1.40. The smallest absolute Gasteiger partial charge is 0.331 e. The second-order valence-electron chi connectivity index (χ2n) is 13.7. The van der Waals surface area contributed by atoms with Crippen molar-refractivity contribution < 1.29 is 49.0 Å². The number of ether oxygens (including phenoxy) is 4. The van der Waals surface area contributed by atoms with E-state index >= 15 is 0 Å². The maximum atomic E-state index is 13.1. The third-order valence-corrected chi connectivity index (χ3v) is 12.2. The Morgan fingerprint density at radius 1 is 1.00 bits per heavy atom. The highest BCUT2D eigenvalue weighted by Gasteiger charge is 2.73. The molecule has 7 rings (SSSR count). The van der Waals surface area contributed by atoms with E-state index in [2.05, 4.69) is 0 Å². The van der Waals surface area contributed by atoms with Crippen molar-refractivity contribution in [2.45, 2.75) is 113 Å². The minimum Gasteiger partial charge on any atom is -0.458 e. The molecule has 14 atom stereocenters. The Labute approximate surface area is 227 Å². The first-order chi connectivity index (χ1) is 18.5. The summed E-state index contributed by atoms with van der Waals surface area (Å²) >= 11 is 0. The Balaban J connectivity index is 1.20. The van der Waals surface area contributed by atoms with Crippen LogP contribution in [-0.2, 0) is 28.5 Å². The van der Waals surface area contributed by atoms with Crippen LogP contribution >= 0.6 is 0 Å². The van der Waals surface area contributed by atoms with Gasteiger partial charge in [-0.1, -0.05) is 6.92 Å². The number of fused-ring (bicyclic) bond motifs is 7. The first-order valence-electron chi connectivity index (χ1n) is 14.6. The number of esters is 1. The van der Waals surface area contributed by atoms with Gasteiger partial charge in [0.2, 0.25) is 12.1 Å². The van der Waals surface area contributed by atoms with Gasteiger partial charge in [-0.15, -0.1) is 0 Å². The second kappa shape index (κ2) is 8.56. The number of cyclic esters (lactones) is 1. The van der Waals surface area contributed by atoms with Gasteiger partial charge in [0.15, 0.2) is 0 Å². The lowest BCUT2D eigenvalue weighted by molar-refractivity contribution is -0.457. The lowest BCUT2D eigenvalue weighted by Gasteiger charge is -2.65. The number of aliphatic hydroxyl groups excluding tert-OH is 2. The van der Waals surface area contributed by atoms with Gasteiger partial charge in [-0.3, -0.25) is 0 Å². The van der Waals surface area contributed by atoms with Crippen LogP contribution in [-0.4, -0.2) is 87.5 Å². The zero-order valence-corrected chi connectivity index (χ0v) is 22.5. The van der Waals surface area contributed by atoms with Gasteiger partial charge in [0, 0.05) is 23.3 Å². The van der Waals surface area contributed by atoms with Crippen molar-refractivity contribution in [3.8, 4) is 0 Å². The molecule has 216 valence electrons. The van der Waals surface area contributed by atoms with E-state index in [0.29, 0.717) is 44.9 Å². The van der Waals surface area contributed by atoms with Crippen LogP contribution in [0, 0.1) is 34.5 Å². The normalized spacial score (nSPS) is 58.2. The van der Waals surface area contributed by atoms with Crippen LogP contribution < -0.4 is 0 Å². The van der Waals surface area contributed by atoms with E-state index < -0.39 is 46.8 Å². The summed E-state index contributed by atoms with van der Waals surface area (Å²) < 4.78 is 23.4. The van der Waals surface area contributed by atoms with E-state index in [1.54, 1.807) is 0 Å². The first kappa shape index (κ1) is 26.5. The molecule has 6 fully saturated rings. The highest BCUT2D eigenvalue weighted by Crippen LogP contribution is 2.70. The summed E-state index contributed by atoms with van der Waals surface area (Å²) in [5, 5.41) is 45.8. The van der Waals surface area contributed by atoms with Gasteiger partial charge in [-0.25, -0.2) is 4.79 Å². The minimum absolute atomic E-state index is 0.00379. The molecule has 10 nitrogen and oxygen atoms in total. The van der Waals surface area contributed by atoms with E-state index in [1.807, 2.05) is 13.8 Å². The number of aldehydes is 1. The molecule has 4 aliphatic carbocycles. The molecule has 4 N–H and O–H groups in total. The molecule has 0 amide bonds. The SMILES string of the molecule is C[C@@H]1C[C@H](O)[C@]2(O)O[C@@H]3C[C@@]4(C=O)[C@@H](CC[C@@H]5[C@@H]4CC[C@]4(C)[C@@H](C6=CC(=O)OC6)C[C@@H](O)[C@]54O)C[C@H]3O[C@@H]2O1. The van der Waals surface area contributed by atoms with Crippen LogP contribution in [0.3, 0.4) is 0 Å². The summed E-state index contributed by atoms with van der Waals surface area (Å²) in [5.74, 6) is -3.06. The van der Waals surface area contributed by atoms with Crippen molar-refractivity contribution in [3.63, 3.8) is 0 Å². The molecule has 10 heteroatoms. The maximum absolute atomic E-state index is 13.1. The minimum atomic E-state index is -2.01. The summed E-state index contributed by atoms with van der Waals surface area (Å²) in [5.41, 5.74) is -2.06. The summed E-state index contributed by atoms with van der Waals surface area (Å²) in [6.45, 7) is 4.02. The van der Waals surface area contributed by atoms with E-state index in [1.165, 1.54) is 6.08 Å². The molecule has 0 spiro atoms. The van der Waals surface area contributed by atoms with Gasteiger partial charge in [-0.05, 0) is 81.1 Å². The fourth-order valence-corrected chi connectivity index (χ4v) is 10.2. The lowest BCUT2D eigenvalue weighted by atomic mass is 9.42. The average molecular weight is 549 g/mol. The van der Waals surface area contributed by atoms with Crippen molar-refractivity contribution in [3.05, 3.63) is 11.6 Å². The third kappa shape index (κ3) is 3.34. The summed E-state index contributed by atoms with van der Waals surface area (Å²) in [6.07, 6.45) is 2.08. The maximum Gasteiger partial charge on any atom is 0.331 e. The average Bonchev–Trinajstić information content (AvgIpc) is 3.41. The number of carbonyl (C=O) groups excluding carboxylic acids is 2. The highest BCUT2D eigenvalue weighted by molar-refractivity contribution is 5.85. The molecule has 3 aliphatic heterocycles. The van der Waals surface area contributed by atoms with Crippen LogP contribution in [0.1, 0.15) is 65.2 Å². The highest BCUT2D eigenvalue weighted by atomic mass is 16.8. The summed E-state index contributed by atoms with van der Waals surface area (Å²) in [6, 6.07) is 0. The zero-order chi connectivity index (χ0) is 27.5. The monoisotopic (exact) mass is 548 g/mol. The van der Waals surface area contributed by atoms with Crippen LogP contribution in [0.2, 0.25) is 0 Å². The topological polar surface area (TPSA) is 152 Å². The fourth-order valence-electron chi connectivity index (χ4n) is 10.2. The molecule has 0 aromatic carbocycles. The van der Waals surface area contributed by atoms with Gasteiger partial charge < -0.3 is 44.2 Å². The van der Waals surface area contributed by atoms with Crippen molar-refractivity contribution in [1.82, 2.24) is 0 Å². The molecule has 3 heterocycles. The van der Waals surface area contributed by atoms with Crippen LogP contribution in [0.5, 0.6) is 0 Å². The Bertz CT molecular complexity index is 1090. The molecule has 0 unspecified atom stereocenters. The predicted molar refractivity (Wildman–Crippen MR) is 133 cm³/mol. The molecule has 0 bridgehead atoms. The summed E-state index contributed by atoms with van der Waals surface area (Å²) in [4.78, 5) is 25.0. The number of rotatable bonds is 2. The van der Waals surface area contributed by atoms with Crippen LogP contribution in [0.15, 0.2) is 11.6 Å². The molecular weight excluding hydrogens is 508 g/mol. The summed E-state index contributed by atoms with van der Waals surface area (Å²) in [7, 11) is 0. The first-order valence-corrected chi connectivity index (χ1v) is 14.6. The van der Waals surface area contributed by atoms with Gasteiger partial charge in [0.25, 0.3) is 0 Å². The Morgan fingerprint density at radius 3 is 2.51 bits per heavy atom. The molecular formula is C29H40O10. The van der Waals surface area contributed by atoms with Crippen molar-refractivity contribution in [2.24, 2.45) is 34.5 Å². The third-order valence-electron chi connectivity index (χ3n) is 12.2. The molecule has 7 aliphatic rings. The van der Waals surface area contributed by atoms with E-state index in [4.69, 9.17) is 18.9 Å². The molecule has 4 saturated carbocycles. The van der Waals surface area contributed by atoms with E-state index in [-0.39, 0.29) is 54.9 Å². The quantitative estimate of drug-likeness (QED) is 0.223. The van der Waals surface area contributed by atoms with E-state index in [9.17, 15) is 30.0 Å². The largest absolute Gasteiger partial charge is 0.458 e. The Morgan fingerprint density at radius 2 is 1.79 bits per heavy atom. The molecule has 0 aromatic heterocycles. The van der Waals surface area contributed by atoms with Gasteiger partial charge in [-0.2, -0.15) is 0 Å². The molecule has 2 saturated heterocycles. The number of hydrogen-bond donors (Lipinski definition) is 4. The second-order valence-corrected chi connectivity index (χ2v) is 13.7. The molecule has 39 heavy (non-hydrogen) atoms. The van der Waals surface area contributed by atoms with Crippen molar-refractivity contribution >= 4 is 12.3 Å². The van der Waals surface area contributed by atoms with Crippen LogP contribution in [0.25, 0.3) is 0 Å². The van der Waals surface area contributed by atoms with Crippen LogP contribution in [0.4, 0.5) is 0 Å². The Kier molecular flexibility index (Phi) is 5.82. The van der Waals surface area contributed by atoms with Gasteiger partial charge in [0.1, 0.15) is 19.0 Å². The standard InChI is InChI=1S/C29H40O10/c1-14-7-23(32)29(35)25(37-14)38-20-9-16-3-4-18-17(27(16,13-30)11-21(20)39-29)5-6-26(2)19(10-22(31)28(18,26)34)15-8-24(33)36-12-15/h8,13-14,16-23,25,31-32,34-35H,3-7,9-12H2,1-2H3/t14-,16+,17+,18-,19-,20-,21-,22-,23+,25+,26-,27-,28-,29+/m1/s1. The predicted octanol–water partition coefficient (Wildman–Crippen LogP) is 0.972. The number of hydrogen-bond acceptors (Lipinski definition) is 10. The lowest BCUT2D eigenvalue weighted by Crippen LogP contribution is -2.71. The van der Waals surface area contributed by atoms with Gasteiger partial charge in [0.05, 0.1) is 30.0 Å².